The van der Waals surface area contributed by atoms with Gasteiger partial charge in [0.2, 0.25) is 11.5 Å². The minimum atomic E-state index is -0.0672. The van der Waals surface area contributed by atoms with E-state index < -0.39 is 0 Å². The van der Waals surface area contributed by atoms with Crippen LogP contribution < -0.4 is 5.56 Å². The first-order valence-electron chi connectivity index (χ1n) is 8.90. The summed E-state index contributed by atoms with van der Waals surface area (Å²) in [7, 11) is 0. The molecule has 0 aliphatic carbocycles. The number of hydrogen-bond acceptors (Lipinski definition) is 4. The summed E-state index contributed by atoms with van der Waals surface area (Å²) in [6.45, 7) is 5.43. The van der Waals surface area contributed by atoms with Gasteiger partial charge in [-0.1, -0.05) is 11.2 Å². The van der Waals surface area contributed by atoms with Crippen LogP contribution in [0, 0.1) is 19.8 Å². The summed E-state index contributed by atoms with van der Waals surface area (Å²) in [4.78, 5) is 28.3. The Balaban J connectivity index is 1.46. The van der Waals surface area contributed by atoms with Crippen LogP contribution in [0.3, 0.4) is 0 Å². The van der Waals surface area contributed by atoms with Crippen molar-refractivity contribution in [1.29, 1.82) is 0 Å². The first-order chi connectivity index (χ1) is 12.0. The third kappa shape index (κ3) is 4.38. The highest BCUT2D eigenvalue weighted by molar-refractivity contribution is 5.76. The van der Waals surface area contributed by atoms with Crippen LogP contribution in [0.25, 0.3) is 0 Å². The number of piperidine rings is 1. The maximum absolute atomic E-state index is 12.5. The first-order valence-corrected chi connectivity index (χ1v) is 8.90. The summed E-state index contributed by atoms with van der Waals surface area (Å²) in [6.07, 6.45) is 5.97. The highest BCUT2D eigenvalue weighted by Gasteiger charge is 2.23. The highest BCUT2D eigenvalue weighted by atomic mass is 16.5. The molecule has 0 unspecified atom stereocenters. The van der Waals surface area contributed by atoms with E-state index in [4.69, 9.17) is 4.52 Å². The van der Waals surface area contributed by atoms with Gasteiger partial charge in [0.25, 0.3) is 0 Å². The molecule has 25 heavy (non-hydrogen) atoms. The van der Waals surface area contributed by atoms with Crippen molar-refractivity contribution in [2.75, 3.05) is 13.1 Å². The van der Waals surface area contributed by atoms with E-state index in [1.54, 1.807) is 12.3 Å². The molecule has 0 radical (unpaired) electrons. The van der Waals surface area contributed by atoms with E-state index in [2.05, 4.69) is 10.1 Å². The quantitative estimate of drug-likeness (QED) is 0.904. The second-order valence-corrected chi connectivity index (χ2v) is 6.89. The summed E-state index contributed by atoms with van der Waals surface area (Å²) < 4.78 is 5.15. The Morgan fingerprint density at radius 1 is 1.32 bits per heavy atom. The number of nitrogens with one attached hydrogen (secondary N) is 1. The number of pyridine rings is 1. The van der Waals surface area contributed by atoms with Gasteiger partial charge in [0.1, 0.15) is 5.76 Å². The summed E-state index contributed by atoms with van der Waals surface area (Å²) >= 11 is 0. The van der Waals surface area contributed by atoms with Gasteiger partial charge in [-0.2, -0.15) is 0 Å². The molecule has 6 nitrogen and oxygen atoms in total. The average molecular weight is 343 g/mol. The molecule has 6 heteroatoms. The maximum atomic E-state index is 12.5. The Kier molecular flexibility index (Phi) is 5.36. The van der Waals surface area contributed by atoms with Crippen LogP contribution in [0.2, 0.25) is 0 Å². The number of aromatic amines is 1. The molecule has 1 aliphatic rings. The number of H-pyrrole nitrogens is 1. The lowest BCUT2D eigenvalue weighted by Gasteiger charge is -2.32. The second-order valence-electron chi connectivity index (χ2n) is 6.89. The van der Waals surface area contributed by atoms with Crippen molar-refractivity contribution in [3.8, 4) is 0 Å². The van der Waals surface area contributed by atoms with Crippen LogP contribution in [-0.2, 0) is 17.6 Å². The van der Waals surface area contributed by atoms with Crippen molar-refractivity contribution in [3.63, 3.8) is 0 Å². The molecule has 3 heterocycles. The first kappa shape index (κ1) is 17.5. The third-order valence-corrected chi connectivity index (χ3v) is 5.11. The zero-order valence-electron chi connectivity index (χ0n) is 14.9. The zero-order chi connectivity index (χ0) is 17.8. The lowest BCUT2D eigenvalue weighted by atomic mass is 9.90. The summed E-state index contributed by atoms with van der Waals surface area (Å²) in [5.41, 5.74) is 3.02. The predicted octanol–water partition coefficient (Wildman–Crippen LogP) is 2.39. The average Bonchev–Trinajstić information content (AvgIpc) is 2.93. The molecule has 1 fully saturated rings. The molecule has 3 rings (SSSR count). The Bertz CT molecular complexity index is 745. The van der Waals surface area contributed by atoms with Gasteiger partial charge in [-0.05, 0) is 51.0 Å². The number of aryl methyl sites for hydroxylation is 2. The molecule has 1 aliphatic heterocycles. The molecule has 0 atom stereocenters. The van der Waals surface area contributed by atoms with Crippen LogP contribution in [0.15, 0.2) is 27.6 Å². The Hall–Kier alpha value is -2.37. The topological polar surface area (TPSA) is 79.2 Å². The summed E-state index contributed by atoms with van der Waals surface area (Å²) in [5.74, 6) is 1.59. The third-order valence-electron chi connectivity index (χ3n) is 5.11. The Morgan fingerprint density at radius 2 is 2.08 bits per heavy atom. The number of rotatable bonds is 5. The van der Waals surface area contributed by atoms with Crippen LogP contribution in [0.1, 0.15) is 41.8 Å². The van der Waals surface area contributed by atoms with E-state index in [0.29, 0.717) is 18.8 Å². The van der Waals surface area contributed by atoms with Crippen molar-refractivity contribution in [2.24, 2.45) is 5.92 Å². The van der Waals surface area contributed by atoms with Gasteiger partial charge < -0.3 is 14.4 Å². The van der Waals surface area contributed by atoms with Crippen LogP contribution in [0.4, 0.5) is 0 Å². The minimum absolute atomic E-state index is 0.0672. The maximum Gasteiger partial charge on any atom is 0.247 e. The molecule has 1 N–H and O–H groups in total. The number of hydrogen-bond donors (Lipinski definition) is 1. The van der Waals surface area contributed by atoms with Crippen molar-refractivity contribution < 1.29 is 9.32 Å². The molecule has 2 aromatic rings. The highest BCUT2D eigenvalue weighted by Crippen LogP contribution is 2.22. The Labute approximate surface area is 147 Å². The molecular formula is C19H25N3O3. The number of amides is 1. The SMILES string of the molecule is Cc1noc(C)c1CCC(=O)N1CCC(Cc2ccc(=O)[nH]c2)CC1. The van der Waals surface area contributed by atoms with Crippen molar-refractivity contribution in [2.45, 2.75) is 46.0 Å². The van der Waals surface area contributed by atoms with E-state index in [1.165, 1.54) is 0 Å². The molecule has 0 spiro atoms. The normalized spacial score (nSPS) is 15.5. The van der Waals surface area contributed by atoms with Gasteiger partial charge in [0, 0.05) is 37.3 Å². The number of likely N-dealkylation sites (tertiary alicyclic amines) is 1. The van der Waals surface area contributed by atoms with E-state index >= 15 is 0 Å². The molecule has 0 aromatic carbocycles. The fourth-order valence-electron chi connectivity index (χ4n) is 3.54. The minimum Gasteiger partial charge on any atom is -0.361 e. The zero-order valence-corrected chi connectivity index (χ0v) is 14.9. The molecule has 1 amide bonds. The number of nitrogens with zero attached hydrogens (tertiary/aromatic N) is 2. The van der Waals surface area contributed by atoms with Gasteiger partial charge >= 0.3 is 0 Å². The monoisotopic (exact) mass is 343 g/mol. The number of carbonyl (C=O) groups is 1. The number of carbonyl (C=O) groups excluding carboxylic acids is 1. The summed E-state index contributed by atoms with van der Waals surface area (Å²) in [5, 5.41) is 3.94. The van der Waals surface area contributed by atoms with E-state index in [9.17, 15) is 9.59 Å². The largest absolute Gasteiger partial charge is 0.361 e. The number of aromatic nitrogens is 2. The van der Waals surface area contributed by atoms with Crippen molar-refractivity contribution in [3.05, 3.63) is 51.3 Å². The van der Waals surface area contributed by atoms with Gasteiger partial charge in [0.05, 0.1) is 5.69 Å². The molecule has 0 saturated carbocycles. The van der Waals surface area contributed by atoms with Crippen LogP contribution >= 0.6 is 0 Å². The molecule has 2 aromatic heterocycles. The second kappa shape index (κ2) is 7.68. The van der Waals surface area contributed by atoms with Gasteiger partial charge in [-0.25, -0.2) is 0 Å². The van der Waals surface area contributed by atoms with Crippen LogP contribution in [0.5, 0.6) is 0 Å². The fourth-order valence-corrected chi connectivity index (χ4v) is 3.54. The fraction of sp³-hybridized carbons (Fsp3) is 0.526. The smallest absolute Gasteiger partial charge is 0.247 e. The van der Waals surface area contributed by atoms with E-state index in [-0.39, 0.29) is 11.5 Å². The molecular weight excluding hydrogens is 318 g/mol. The van der Waals surface area contributed by atoms with E-state index in [0.717, 1.165) is 54.9 Å². The van der Waals surface area contributed by atoms with Crippen molar-refractivity contribution in [1.82, 2.24) is 15.0 Å². The lowest BCUT2D eigenvalue weighted by molar-refractivity contribution is -0.132. The van der Waals surface area contributed by atoms with Gasteiger partial charge in [0.15, 0.2) is 0 Å². The lowest BCUT2D eigenvalue weighted by Crippen LogP contribution is -2.39. The van der Waals surface area contributed by atoms with E-state index in [1.807, 2.05) is 24.8 Å². The van der Waals surface area contributed by atoms with Crippen molar-refractivity contribution >= 4 is 5.91 Å². The van der Waals surface area contributed by atoms with Gasteiger partial charge in [-0.3, -0.25) is 9.59 Å². The molecule has 1 saturated heterocycles. The molecule has 134 valence electrons. The standard InChI is InChI=1S/C19H25N3O3/c1-13-17(14(2)25-21-13)4-6-19(24)22-9-7-15(8-10-22)11-16-3-5-18(23)20-12-16/h3,5,12,15H,4,6-11H2,1-2H3,(H,20,23). The van der Waals surface area contributed by atoms with Crippen LogP contribution in [-0.4, -0.2) is 34.0 Å². The summed E-state index contributed by atoms with van der Waals surface area (Å²) in [6, 6.07) is 3.46. The molecule has 0 bridgehead atoms. The Morgan fingerprint density at radius 3 is 2.68 bits per heavy atom. The predicted molar refractivity (Wildman–Crippen MR) is 94.4 cm³/mol. The van der Waals surface area contributed by atoms with Gasteiger partial charge in [-0.15, -0.1) is 0 Å².